The van der Waals surface area contributed by atoms with Crippen LogP contribution in [0.5, 0.6) is 0 Å². The highest BCUT2D eigenvalue weighted by Crippen LogP contribution is 2.21. The first-order chi connectivity index (χ1) is 11.7. The van der Waals surface area contributed by atoms with Gasteiger partial charge in [0, 0.05) is 32.4 Å². The van der Waals surface area contributed by atoms with E-state index in [-0.39, 0.29) is 11.5 Å². The van der Waals surface area contributed by atoms with Gasteiger partial charge in [-0.05, 0) is 24.3 Å². The first-order valence-electron chi connectivity index (χ1n) is 7.77. The second-order valence-corrected chi connectivity index (χ2v) is 5.48. The van der Waals surface area contributed by atoms with E-state index in [0.29, 0.717) is 17.1 Å². The number of hydrogen-bond donors (Lipinski definition) is 3. The predicted molar refractivity (Wildman–Crippen MR) is 92.2 cm³/mol. The first kappa shape index (κ1) is 15.9. The van der Waals surface area contributed by atoms with Crippen molar-refractivity contribution >= 4 is 23.3 Å². The molecular weight excluding hydrogens is 306 g/mol. The van der Waals surface area contributed by atoms with Crippen LogP contribution in [0.1, 0.15) is 20.7 Å². The maximum Gasteiger partial charge on any atom is 0.259 e. The summed E-state index contributed by atoms with van der Waals surface area (Å²) in [5, 5.41) is 6.04. The smallest absolute Gasteiger partial charge is 0.259 e. The van der Waals surface area contributed by atoms with Crippen LogP contribution in [0, 0.1) is 0 Å². The maximum absolute atomic E-state index is 12.7. The lowest BCUT2D eigenvalue weighted by Gasteiger charge is -2.29. The van der Waals surface area contributed by atoms with Gasteiger partial charge in [0.05, 0.1) is 16.8 Å². The van der Waals surface area contributed by atoms with Gasteiger partial charge in [0.1, 0.15) is 5.82 Å². The van der Waals surface area contributed by atoms with Gasteiger partial charge < -0.3 is 21.3 Å². The van der Waals surface area contributed by atoms with Gasteiger partial charge in [0.2, 0.25) is 0 Å². The van der Waals surface area contributed by atoms with Gasteiger partial charge in [-0.1, -0.05) is 12.1 Å². The molecule has 0 spiro atoms. The summed E-state index contributed by atoms with van der Waals surface area (Å²) < 4.78 is 0. The summed E-state index contributed by atoms with van der Waals surface area (Å²) in [7, 11) is 0. The van der Waals surface area contributed by atoms with Crippen LogP contribution < -0.4 is 21.3 Å². The van der Waals surface area contributed by atoms with Crippen molar-refractivity contribution in [2.45, 2.75) is 0 Å². The topological polar surface area (TPSA) is 100 Å². The van der Waals surface area contributed by atoms with E-state index in [0.717, 1.165) is 26.2 Å². The minimum absolute atomic E-state index is 0.276. The van der Waals surface area contributed by atoms with Crippen LogP contribution in [-0.2, 0) is 0 Å². The van der Waals surface area contributed by atoms with Crippen LogP contribution in [0.3, 0.4) is 0 Å². The largest absolute Gasteiger partial charge is 0.366 e. The van der Waals surface area contributed by atoms with E-state index in [1.54, 1.807) is 42.6 Å². The molecule has 0 aliphatic carbocycles. The summed E-state index contributed by atoms with van der Waals surface area (Å²) in [6.07, 6.45) is 1.67. The molecule has 7 nitrogen and oxygen atoms in total. The van der Waals surface area contributed by atoms with E-state index in [4.69, 9.17) is 5.73 Å². The fourth-order valence-corrected chi connectivity index (χ4v) is 2.70. The molecular formula is C17H19N5O2. The monoisotopic (exact) mass is 325 g/mol. The van der Waals surface area contributed by atoms with Crippen LogP contribution in [0.4, 0.5) is 11.5 Å². The van der Waals surface area contributed by atoms with Gasteiger partial charge in [0.15, 0.2) is 0 Å². The van der Waals surface area contributed by atoms with Crippen LogP contribution >= 0.6 is 0 Å². The third-order valence-electron chi connectivity index (χ3n) is 3.89. The van der Waals surface area contributed by atoms with Gasteiger partial charge in [-0.3, -0.25) is 9.59 Å². The normalized spacial score (nSPS) is 14.2. The number of benzene rings is 1. The summed E-state index contributed by atoms with van der Waals surface area (Å²) in [6.45, 7) is 3.27. The molecule has 24 heavy (non-hydrogen) atoms. The van der Waals surface area contributed by atoms with Crippen LogP contribution in [0.2, 0.25) is 0 Å². The zero-order valence-electron chi connectivity index (χ0n) is 13.2. The van der Waals surface area contributed by atoms with E-state index < -0.39 is 5.91 Å². The molecule has 3 rings (SSSR count). The molecule has 1 aliphatic heterocycles. The van der Waals surface area contributed by atoms with Crippen molar-refractivity contribution in [3.8, 4) is 0 Å². The molecule has 1 aromatic carbocycles. The van der Waals surface area contributed by atoms with E-state index in [1.807, 2.05) is 0 Å². The van der Waals surface area contributed by atoms with Gasteiger partial charge in [-0.15, -0.1) is 0 Å². The second kappa shape index (κ2) is 7.10. The van der Waals surface area contributed by atoms with Crippen LogP contribution in [0.15, 0.2) is 42.6 Å². The van der Waals surface area contributed by atoms with Gasteiger partial charge in [-0.2, -0.15) is 0 Å². The third kappa shape index (κ3) is 3.36. The number of anilines is 2. The summed E-state index contributed by atoms with van der Waals surface area (Å²) in [4.78, 5) is 30.6. The molecule has 0 unspecified atom stereocenters. The SMILES string of the molecule is NC(=O)c1ccccc1NC(=O)c1cccnc1N1CCNCC1. The highest BCUT2D eigenvalue weighted by molar-refractivity contribution is 6.10. The molecule has 0 bridgehead atoms. The Morgan fingerprint density at radius 2 is 1.79 bits per heavy atom. The Morgan fingerprint density at radius 3 is 2.54 bits per heavy atom. The molecule has 1 fully saturated rings. The molecule has 1 aromatic heterocycles. The number of piperazine rings is 1. The quantitative estimate of drug-likeness (QED) is 0.773. The van der Waals surface area contributed by atoms with E-state index in [2.05, 4.69) is 20.5 Å². The fraction of sp³-hybridized carbons (Fsp3) is 0.235. The zero-order valence-corrected chi connectivity index (χ0v) is 13.2. The molecule has 7 heteroatoms. The molecule has 2 heterocycles. The van der Waals surface area contributed by atoms with Crippen molar-refractivity contribution in [1.82, 2.24) is 10.3 Å². The lowest BCUT2D eigenvalue weighted by molar-refractivity contribution is 0.100. The fourth-order valence-electron chi connectivity index (χ4n) is 2.70. The van der Waals surface area contributed by atoms with Crippen LogP contribution in [0.25, 0.3) is 0 Å². The number of nitrogens with one attached hydrogen (secondary N) is 2. The molecule has 0 saturated carbocycles. The molecule has 0 atom stereocenters. The first-order valence-corrected chi connectivity index (χ1v) is 7.77. The van der Waals surface area contributed by atoms with Gasteiger partial charge in [0.25, 0.3) is 11.8 Å². The van der Waals surface area contributed by atoms with Crippen molar-refractivity contribution in [2.75, 3.05) is 36.4 Å². The predicted octanol–water partition coefficient (Wildman–Crippen LogP) is 0.842. The molecule has 1 saturated heterocycles. The number of primary amides is 1. The number of nitrogens with zero attached hydrogens (tertiary/aromatic N) is 2. The highest BCUT2D eigenvalue weighted by Gasteiger charge is 2.20. The van der Waals surface area contributed by atoms with Crippen molar-refractivity contribution in [3.05, 3.63) is 53.7 Å². The van der Waals surface area contributed by atoms with Crippen molar-refractivity contribution in [2.24, 2.45) is 5.73 Å². The minimum atomic E-state index is -0.584. The zero-order chi connectivity index (χ0) is 16.9. The number of carbonyl (C=O) groups is 2. The summed E-state index contributed by atoms with van der Waals surface area (Å²) in [5.74, 6) is -0.252. The Morgan fingerprint density at radius 1 is 1.08 bits per heavy atom. The van der Waals surface area contributed by atoms with Gasteiger partial charge >= 0.3 is 0 Å². The average molecular weight is 325 g/mol. The maximum atomic E-state index is 12.7. The number of pyridine rings is 1. The van der Waals surface area contributed by atoms with Crippen molar-refractivity contribution in [1.29, 1.82) is 0 Å². The Hall–Kier alpha value is -2.93. The Labute approximate surface area is 139 Å². The molecule has 124 valence electrons. The molecule has 2 amide bonds. The number of amides is 2. The minimum Gasteiger partial charge on any atom is -0.366 e. The van der Waals surface area contributed by atoms with E-state index in [9.17, 15) is 9.59 Å². The van der Waals surface area contributed by atoms with Crippen molar-refractivity contribution < 1.29 is 9.59 Å². The highest BCUT2D eigenvalue weighted by atomic mass is 16.2. The van der Waals surface area contributed by atoms with E-state index >= 15 is 0 Å². The lowest BCUT2D eigenvalue weighted by atomic mass is 10.1. The summed E-state index contributed by atoms with van der Waals surface area (Å²) in [5.41, 5.74) is 6.50. The number of rotatable bonds is 4. The Bertz CT molecular complexity index is 756. The third-order valence-corrected chi connectivity index (χ3v) is 3.89. The van der Waals surface area contributed by atoms with E-state index in [1.165, 1.54) is 0 Å². The standard InChI is InChI=1S/C17H19N5O2/c18-15(23)12-4-1-2-6-14(12)21-17(24)13-5-3-7-20-16(13)22-10-8-19-9-11-22/h1-7,19H,8-11H2,(H2,18,23)(H,21,24). The average Bonchev–Trinajstić information content (AvgIpc) is 2.62. The summed E-state index contributed by atoms with van der Waals surface area (Å²) in [6, 6.07) is 10.1. The number of carbonyl (C=O) groups excluding carboxylic acids is 2. The van der Waals surface area contributed by atoms with Crippen LogP contribution in [-0.4, -0.2) is 43.0 Å². The summed E-state index contributed by atoms with van der Waals surface area (Å²) >= 11 is 0. The second-order valence-electron chi connectivity index (χ2n) is 5.48. The van der Waals surface area contributed by atoms with Crippen molar-refractivity contribution in [3.63, 3.8) is 0 Å². The molecule has 1 aliphatic rings. The number of nitrogens with two attached hydrogens (primary N) is 1. The number of para-hydroxylation sites is 1. The molecule has 2 aromatic rings. The Balaban J connectivity index is 1.87. The molecule has 4 N–H and O–H groups in total. The lowest BCUT2D eigenvalue weighted by Crippen LogP contribution is -2.44. The Kier molecular flexibility index (Phi) is 4.72. The van der Waals surface area contributed by atoms with Gasteiger partial charge in [-0.25, -0.2) is 4.98 Å². The molecule has 0 radical (unpaired) electrons. The number of aromatic nitrogens is 1. The number of hydrogen-bond acceptors (Lipinski definition) is 5.